The number of hydrogen-bond donors (Lipinski definition) is 1. The van der Waals surface area contributed by atoms with E-state index in [0.29, 0.717) is 30.0 Å². The summed E-state index contributed by atoms with van der Waals surface area (Å²) >= 11 is 0. The molecule has 1 fully saturated rings. The summed E-state index contributed by atoms with van der Waals surface area (Å²) in [6.45, 7) is 8.64. The summed E-state index contributed by atoms with van der Waals surface area (Å²) in [6, 6.07) is 5.78. The van der Waals surface area contributed by atoms with Crippen molar-refractivity contribution in [1.82, 2.24) is 10.1 Å². The average Bonchev–Trinajstić information content (AvgIpc) is 3.13. The van der Waals surface area contributed by atoms with Crippen LogP contribution in [-0.4, -0.2) is 40.9 Å². The van der Waals surface area contributed by atoms with Crippen molar-refractivity contribution < 1.29 is 19.2 Å². The first-order valence-electron chi connectivity index (χ1n) is 10.5. The Morgan fingerprint density at radius 3 is 2.76 bits per heavy atom. The number of aromatic nitrogens is 2. The second kappa shape index (κ2) is 9.76. The fraction of sp³-hybridized carbons (Fsp3) is 0.591. The number of carboxylic acid groups (broad SMARTS) is 1. The van der Waals surface area contributed by atoms with E-state index in [1.54, 1.807) is 25.1 Å². The molecule has 1 aromatic carbocycles. The van der Waals surface area contributed by atoms with Gasteiger partial charge in [0.25, 0.3) is 0 Å². The van der Waals surface area contributed by atoms with Crippen molar-refractivity contribution in [2.75, 3.05) is 24.6 Å². The summed E-state index contributed by atoms with van der Waals surface area (Å²) in [5.74, 6) is 1.82. The van der Waals surface area contributed by atoms with Crippen LogP contribution in [0, 0.1) is 18.8 Å². The average molecular weight is 402 g/mol. The first-order chi connectivity index (χ1) is 13.9. The van der Waals surface area contributed by atoms with Gasteiger partial charge in [0.05, 0.1) is 12.2 Å². The van der Waals surface area contributed by atoms with Gasteiger partial charge in [-0.15, -0.1) is 0 Å². The van der Waals surface area contributed by atoms with Crippen LogP contribution in [0.4, 0.5) is 6.01 Å². The van der Waals surface area contributed by atoms with E-state index in [1.165, 1.54) is 0 Å². The van der Waals surface area contributed by atoms with E-state index in [4.69, 9.17) is 14.4 Å². The zero-order valence-electron chi connectivity index (χ0n) is 17.6. The smallest absolute Gasteiger partial charge is 0.335 e. The predicted octanol–water partition coefficient (Wildman–Crippen LogP) is 4.35. The maximum atomic E-state index is 11.1. The molecule has 0 spiro atoms. The third-order valence-corrected chi connectivity index (χ3v) is 5.39. The van der Waals surface area contributed by atoms with E-state index in [2.05, 4.69) is 28.9 Å². The van der Waals surface area contributed by atoms with Gasteiger partial charge < -0.3 is 19.3 Å². The highest BCUT2D eigenvalue weighted by Gasteiger charge is 2.23. The molecule has 1 aliphatic heterocycles. The van der Waals surface area contributed by atoms with Gasteiger partial charge in [0.15, 0.2) is 5.82 Å². The number of aryl methyl sites for hydroxylation is 1. The normalized spacial score (nSPS) is 15.1. The van der Waals surface area contributed by atoms with Gasteiger partial charge in [0.1, 0.15) is 5.75 Å². The number of hydrogen-bond acceptors (Lipinski definition) is 6. The van der Waals surface area contributed by atoms with Crippen molar-refractivity contribution in [2.45, 2.75) is 52.9 Å². The van der Waals surface area contributed by atoms with Crippen molar-refractivity contribution in [1.29, 1.82) is 0 Å². The highest BCUT2D eigenvalue weighted by molar-refractivity contribution is 5.89. The van der Waals surface area contributed by atoms with Crippen LogP contribution in [0.2, 0.25) is 0 Å². The molecule has 1 aromatic heterocycles. The number of aromatic carboxylic acids is 1. The molecule has 0 atom stereocenters. The lowest BCUT2D eigenvalue weighted by molar-refractivity contribution is 0.0696. The molecule has 7 nitrogen and oxygen atoms in total. The van der Waals surface area contributed by atoms with Crippen molar-refractivity contribution in [3.8, 4) is 5.75 Å². The van der Waals surface area contributed by atoms with Crippen molar-refractivity contribution >= 4 is 12.0 Å². The molecule has 0 unspecified atom stereocenters. The Bertz CT molecular complexity index is 810. The van der Waals surface area contributed by atoms with Crippen LogP contribution in [0.5, 0.6) is 5.75 Å². The van der Waals surface area contributed by atoms with Gasteiger partial charge in [0.2, 0.25) is 0 Å². The van der Waals surface area contributed by atoms with Crippen LogP contribution in [0.25, 0.3) is 0 Å². The summed E-state index contributed by atoms with van der Waals surface area (Å²) in [7, 11) is 0. The largest absolute Gasteiger partial charge is 0.494 e. The zero-order chi connectivity index (χ0) is 20.8. The highest BCUT2D eigenvalue weighted by atomic mass is 16.5. The molecule has 0 radical (unpaired) electrons. The second-order valence-electron chi connectivity index (χ2n) is 8.29. The van der Waals surface area contributed by atoms with Gasteiger partial charge in [0, 0.05) is 19.5 Å². The molecule has 7 heteroatoms. The minimum atomic E-state index is -0.905. The van der Waals surface area contributed by atoms with E-state index in [9.17, 15) is 4.79 Å². The van der Waals surface area contributed by atoms with Crippen LogP contribution < -0.4 is 9.64 Å². The topological polar surface area (TPSA) is 88.7 Å². The van der Waals surface area contributed by atoms with Crippen molar-refractivity contribution in [2.24, 2.45) is 11.8 Å². The molecule has 29 heavy (non-hydrogen) atoms. The summed E-state index contributed by atoms with van der Waals surface area (Å²) in [5.41, 5.74) is 1.04. The van der Waals surface area contributed by atoms with E-state index in [1.807, 2.05) is 0 Å². The molecule has 0 amide bonds. The molecule has 0 saturated carbocycles. The summed E-state index contributed by atoms with van der Waals surface area (Å²) < 4.78 is 11.2. The van der Waals surface area contributed by atoms with Gasteiger partial charge in [-0.3, -0.25) is 0 Å². The van der Waals surface area contributed by atoms with Gasteiger partial charge in [-0.25, -0.2) is 4.79 Å². The first kappa shape index (κ1) is 21.1. The third kappa shape index (κ3) is 5.95. The number of rotatable bonds is 9. The van der Waals surface area contributed by atoms with E-state index < -0.39 is 5.97 Å². The Morgan fingerprint density at radius 2 is 2.10 bits per heavy atom. The summed E-state index contributed by atoms with van der Waals surface area (Å²) in [4.78, 5) is 17.8. The monoisotopic (exact) mass is 401 g/mol. The van der Waals surface area contributed by atoms with Gasteiger partial charge in [-0.2, -0.15) is 4.98 Å². The Balaban J connectivity index is 1.36. The van der Waals surface area contributed by atoms with Crippen molar-refractivity contribution in [3.05, 3.63) is 35.2 Å². The van der Waals surface area contributed by atoms with E-state index in [-0.39, 0.29) is 0 Å². The first-order valence-corrected chi connectivity index (χ1v) is 10.5. The number of benzene rings is 1. The van der Waals surface area contributed by atoms with Crippen LogP contribution in [0.15, 0.2) is 22.7 Å². The number of anilines is 1. The third-order valence-electron chi connectivity index (χ3n) is 5.39. The molecule has 0 bridgehead atoms. The summed E-state index contributed by atoms with van der Waals surface area (Å²) in [5, 5.41) is 13.2. The standard InChI is InChI=1S/C22H31N3O4/c1-15(2)13-20-23-22(29-24-20)25-10-8-17(9-11-25)5-4-12-28-18-6-7-19(21(26)27)16(3)14-18/h6-7,14-15,17H,4-5,8-13H2,1-3H3,(H,26,27). The fourth-order valence-electron chi connectivity index (χ4n) is 3.76. The number of ether oxygens (including phenoxy) is 1. The second-order valence-corrected chi connectivity index (χ2v) is 8.29. The molecule has 1 N–H and O–H groups in total. The van der Waals surface area contributed by atoms with Crippen molar-refractivity contribution in [3.63, 3.8) is 0 Å². The lowest BCUT2D eigenvalue weighted by atomic mass is 9.92. The number of carbonyl (C=O) groups is 1. The number of piperidine rings is 1. The van der Waals surface area contributed by atoms with Crippen LogP contribution >= 0.6 is 0 Å². The number of carboxylic acids is 1. The molecule has 1 saturated heterocycles. The van der Waals surface area contributed by atoms with Gasteiger partial charge >= 0.3 is 12.0 Å². The zero-order valence-corrected chi connectivity index (χ0v) is 17.6. The van der Waals surface area contributed by atoms with Gasteiger partial charge in [-0.1, -0.05) is 19.0 Å². The Morgan fingerprint density at radius 1 is 1.34 bits per heavy atom. The fourth-order valence-corrected chi connectivity index (χ4v) is 3.76. The molecular weight excluding hydrogens is 370 g/mol. The molecule has 2 aromatic rings. The molecular formula is C22H31N3O4. The van der Waals surface area contributed by atoms with E-state index in [0.717, 1.165) is 62.3 Å². The minimum absolute atomic E-state index is 0.321. The van der Waals surface area contributed by atoms with E-state index >= 15 is 0 Å². The Labute approximate surface area is 172 Å². The predicted molar refractivity (Wildman–Crippen MR) is 111 cm³/mol. The molecule has 0 aliphatic carbocycles. The number of nitrogens with zero attached hydrogens (tertiary/aromatic N) is 3. The minimum Gasteiger partial charge on any atom is -0.494 e. The summed E-state index contributed by atoms with van der Waals surface area (Å²) in [6.07, 6.45) is 5.20. The molecule has 2 heterocycles. The molecule has 158 valence electrons. The SMILES string of the molecule is Cc1cc(OCCCC2CCN(c3nc(CC(C)C)no3)CC2)ccc1C(=O)O. The maximum Gasteiger partial charge on any atom is 0.335 e. The van der Waals surface area contributed by atoms with Crippen LogP contribution in [-0.2, 0) is 6.42 Å². The molecule has 3 rings (SSSR count). The highest BCUT2D eigenvalue weighted by Crippen LogP contribution is 2.26. The lowest BCUT2D eigenvalue weighted by Gasteiger charge is -2.30. The lowest BCUT2D eigenvalue weighted by Crippen LogP contribution is -2.34. The van der Waals surface area contributed by atoms with Gasteiger partial charge in [-0.05, 0) is 68.2 Å². The Hall–Kier alpha value is -2.57. The molecule has 1 aliphatic rings. The van der Waals surface area contributed by atoms with Crippen LogP contribution in [0.3, 0.4) is 0 Å². The maximum absolute atomic E-state index is 11.1. The van der Waals surface area contributed by atoms with Crippen LogP contribution in [0.1, 0.15) is 61.3 Å². The quantitative estimate of drug-likeness (QED) is 0.625. The Kier molecular flexibility index (Phi) is 7.12.